The van der Waals surface area contributed by atoms with E-state index in [9.17, 15) is 18.0 Å². The van der Waals surface area contributed by atoms with Gasteiger partial charge in [0.1, 0.15) is 11.8 Å². The van der Waals surface area contributed by atoms with Crippen LogP contribution in [0.5, 0.6) is 5.75 Å². The Hall–Kier alpha value is -1.84. The minimum atomic E-state index is -4.13. The van der Waals surface area contributed by atoms with E-state index in [1.54, 1.807) is 0 Å². The molecule has 8 nitrogen and oxygen atoms in total. The molecule has 0 saturated carbocycles. The number of nitrogens with one attached hydrogen (secondary N) is 1. The van der Waals surface area contributed by atoms with E-state index in [0.717, 1.165) is 4.31 Å². The quantitative estimate of drug-likeness (QED) is 0.696. The molecule has 1 unspecified atom stereocenters. The minimum Gasteiger partial charge on any atom is -0.495 e. The molecule has 1 amide bonds. The Kier molecular flexibility index (Phi) is 7.00. The van der Waals surface area contributed by atoms with Gasteiger partial charge < -0.3 is 15.2 Å². The molecule has 1 atom stereocenters. The first-order valence-corrected chi connectivity index (χ1v) is 8.75. The Morgan fingerprint density at radius 3 is 2.50 bits per heavy atom. The topological polar surface area (TPSA) is 113 Å². The van der Waals surface area contributed by atoms with Gasteiger partial charge in [-0.3, -0.25) is 9.59 Å². The maximum absolute atomic E-state index is 12.8. The van der Waals surface area contributed by atoms with Gasteiger partial charge in [-0.05, 0) is 25.1 Å². The van der Waals surface area contributed by atoms with Gasteiger partial charge >= 0.3 is 5.97 Å². The van der Waals surface area contributed by atoms with Crippen molar-refractivity contribution in [3.63, 3.8) is 0 Å². The molecule has 0 heterocycles. The van der Waals surface area contributed by atoms with Crippen LogP contribution in [0.2, 0.25) is 5.02 Å². The highest BCUT2D eigenvalue weighted by Gasteiger charge is 2.33. The number of hydrogen-bond donors (Lipinski definition) is 2. The molecule has 0 aliphatic rings. The summed E-state index contributed by atoms with van der Waals surface area (Å²) in [4.78, 5) is 22.0. The largest absolute Gasteiger partial charge is 0.495 e. The first-order valence-electron chi connectivity index (χ1n) is 6.94. The maximum Gasteiger partial charge on any atom is 0.321 e. The summed E-state index contributed by atoms with van der Waals surface area (Å²) in [7, 11) is -2.74. The molecule has 0 saturated heterocycles. The van der Waals surface area contributed by atoms with Gasteiger partial charge in [0.2, 0.25) is 15.9 Å². The number of halogens is 1. The fourth-order valence-corrected chi connectivity index (χ4v) is 3.87. The second-order valence-corrected chi connectivity index (χ2v) is 7.21. The summed E-state index contributed by atoms with van der Waals surface area (Å²) in [5.74, 6) is -1.35. The van der Waals surface area contributed by atoms with E-state index in [-0.39, 0.29) is 28.9 Å². The van der Waals surface area contributed by atoms with E-state index >= 15 is 0 Å². The standard InChI is InChI=1S/C14H19ClN2O6S/c1-9(14(19)20)17(7-6-16-10(2)18)24(21,22)11-4-5-13(23-3)12(15)8-11/h4-5,8-9H,6-7H2,1-3H3,(H,16,18)(H,19,20). The number of ether oxygens (including phenoxy) is 1. The summed E-state index contributed by atoms with van der Waals surface area (Å²) >= 11 is 5.95. The summed E-state index contributed by atoms with van der Waals surface area (Å²) in [6.07, 6.45) is 0. The minimum absolute atomic E-state index is 0.0178. The lowest BCUT2D eigenvalue weighted by atomic mass is 10.3. The van der Waals surface area contributed by atoms with Crippen molar-refractivity contribution < 1.29 is 27.9 Å². The van der Waals surface area contributed by atoms with Crippen molar-refractivity contribution in [3.05, 3.63) is 23.2 Å². The molecule has 0 fully saturated rings. The molecule has 10 heteroatoms. The molecular weight excluding hydrogens is 360 g/mol. The smallest absolute Gasteiger partial charge is 0.321 e. The summed E-state index contributed by atoms with van der Waals surface area (Å²) in [6.45, 7) is 2.32. The number of hydrogen-bond acceptors (Lipinski definition) is 5. The summed E-state index contributed by atoms with van der Waals surface area (Å²) < 4.78 is 31.3. The van der Waals surface area contributed by atoms with Gasteiger partial charge in [-0.1, -0.05) is 11.6 Å². The van der Waals surface area contributed by atoms with Crippen LogP contribution in [-0.2, 0) is 19.6 Å². The number of carboxylic acids is 1. The molecule has 0 radical (unpaired) electrons. The normalized spacial score (nSPS) is 12.7. The second-order valence-electron chi connectivity index (χ2n) is 4.91. The van der Waals surface area contributed by atoms with Crippen LogP contribution in [0.25, 0.3) is 0 Å². The van der Waals surface area contributed by atoms with Crippen LogP contribution in [0.15, 0.2) is 23.1 Å². The van der Waals surface area contributed by atoms with E-state index in [2.05, 4.69) is 5.32 Å². The van der Waals surface area contributed by atoms with Crippen LogP contribution in [0.4, 0.5) is 0 Å². The van der Waals surface area contributed by atoms with Crippen LogP contribution < -0.4 is 10.1 Å². The number of sulfonamides is 1. The van der Waals surface area contributed by atoms with E-state index in [1.165, 1.54) is 39.2 Å². The predicted octanol–water partition coefficient (Wildman–Crippen LogP) is 0.949. The monoisotopic (exact) mass is 378 g/mol. The number of carbonyl (C=O) groups is 2. The molecule has 1 aromatic rings. The lowest BCUT2D eigenvalue weighted by molar-refractivity contribution is -0.140. The van der Waals surface area contributed by atoms with E-state index in [1.807, 2.05) is 0 Å². The van der Waals surface area contributed by atoms with E-state index in [4.69, 9.17) is 21.4 Å². The Labute approximate surface area is 145 Å². The van der Waals surface area contributed by atoms with Gasteiger partial charge in [0, 0.05) is 20.0 Å². The van der Waals surface area contributed by atoms with Crippen molar-refractivity contribution in [1.82, 2.24) is 9.62 Å². The molecule has 0 aromatic heterocycles. The zero-order chi connectivity index (χ0) is 18.5. The number of rotatable bonds is 8. The Morgan fingerprint density at radius 2 is 2.04 bits per heavy atom. The lowest BCUT2D eigenvalue weighted by Gasteiger charge is -2.26. The van der Waals surface area contributed by atoms with Crippen molar-refractivity contribution in [2.45, 2.75) is 24.8 Å². The fourth-order valence-electron chi connectivity index (χ4n) is 1.93. The average Bonchev–Trinajstić information content (AvgIpc) is 2.50. The number of carbonyl (C=O) groups excluding carboxylic acids is 1. The molecule has 0 spiro atoms. The highest BCUT2D eigenvalue weighted by Crippen LogP contribution is 2.28. The summed E-state index contributed by atoms with van der Waals surface area (Å²) in [5, 5.41) is 11.7. The molecule has 24 heavy (non-hydrogen) atoms. The SMILES string of the molecule is COc1ccc(S(=O)(=O)N(CCNC(C)=O)C(C)C(=O)O)cc1Cl. The number of amides is 1. The third-order valence-electron chi connectivity index (χ3n) is 3.23. The average molecular weight is 379 g/mol. The summed E-state index contributed by atoms with van der Waals surface area (Å²) in [5.41, 5.74) is 0. The molecule has 0 bridgehead atoms. The number of carboxylic acid groups (broad SMARTS) is 1. The first-order chi connectivity index (χ1) is 11.1. The fraction of sp³-hybridized carbons (Fsp3) is 0.429. The molecule has 2 N–H and O–H groups in total. The van der Waals surface area contributed by atoms with Gasteiger partial charge in [-0.2, -0.15) is 4.31 Å². The van der Waals surface area contributed by atoms with Crippen LogP contribution in [0.1, 0.15) is 13.8 Å². The lowest BCUT2D eigenvalue weighted by Crippen LogP contribution is -2.46. The number of aliphatic carboxylic acids is 1. The van der Waals surface area contributed by atoms with Crippen LogP contribution in [0, 0.1) is 0 Å². The maximum atomic E-state index is 12.8. The zero-order valence-electron chi connectivity index (χ0n) is 13.4. The predicted molar refractivity (Wildman–Crippen MR) is 87.7 cm³/mol. The summed E-state index contributed by atoms with van der Waals surface area (Å²) in [6, 6.07) is 2.53. The van der Waals surface area contributed by atoms with Gasteiger partial charge in [0.25, 0.3) is 0 Å². The van der Waals surface area contributed by atoms with Gasteiger partial charge in [-0.25, -0.2) is 8.42 Å². The van der Waals surface area contributed by atoms with Gasteiger partial charge in [0.05, 0.1) is 17.0 Å². The molecule has 1 aromatic carbocycles. The van der Waals surface area contributed by atoms with Crippen molar-refractivity contribution in [2.24, 2.45) is 0 Å². The van der Waals surface area contributed by atoms with Crippen LogP contribution >= 0.6 is 11.6 Å². The number of methoxy groups -OCH3 is 1. The highest BCUT2D eigenvalue weighted by molar-refractivity contribution is 7.89. The van der Waals surface area contributed by atoms with Gasteiger partial charge in [0.15, 0.2) is 0 Å². The molecule has 0 aliphatic carbocycles. The van der Waals surface area contributed by atoms with Crippen molar-refractivity contribution in [2.75, 3.05) is 20.2 Å². The number of nitrogens with zero attached hydrogens (tertiary/aromatic N) is 1. The third-order valence-corrected chi connectivity index (χ3v) is 5.49. The number of benzene rings is 1. The van der Waals surface area contributed by atoms with E-state index < -0.39 is 22.0 Å². The Bertz CT molecular complexity index is 722. The van der Waals surface area contributed by atoms with Crippen molar-refractivity contribution >= 4 is 33.5 Å². The molecule has 0 aliphatic heterocycles. The Balaban J connectivity index is 3.20. The van der Waals surface area contributed by atoms with Crippen LogP contribution in [0.3, 0.4) is 0 Å². The second kappa shape index (κ2) is 8.32. The van der Waals surface area contributed by atoms with Gasteiger partial charge in [-0.15, -0.1) is 0 Å². The highest BCUT2D eigenvalue weighted by atomic mass is 35.5. The Morgan fingerprint density at radius 1 is 1.42 bits per heavy atom. The third kappa shape index (κ3) is 4.83. The van der Waals surface area contributed by atoms with Crippen LogP contribution in [-0.4, -0.2) is 55.9 Å². The van der Waals surface area contributed by atoms with Crippen molar-refractivity contribution in [1.29, 1.82) is 0 Å². The van der Waals surface area contributed by atoms with E-state index in [0.29, 0.717) is 5.75 Å². The molecular formula is C14H19ClN2O6S. The molecule has 134 valence electrons. The first kappa shape index (κ1) is 20.2. The molecule has 1 rings (SSSR count). The van der Waals surface area contributed by atoms with Crippen molar-refractivity contribution in [3.8, 4) is 5.75 Å². The zero-order valence-corrected chi connectivity index (χ0v) is 15.0.